The molecule has 8 heteroatoms. The summed E-state index contributed by atoms with van der Waals surface area (Å²) in [5.41, 5.74) is 1.88. The van der Waals surface area contributed by atoms with Crippen molar-refractivity contribution in [1.82, 2.24) is 4.57 Å². The fraction of sp³-hybridized carbons (Fsp3) is 0.174. The lowest BCUT2D eigenvalue weighted by atomic mass is 9.96. The van der Waals surface area contributed by atoms with Crippen LogP contribution < -0.4 is 14.9 Å². The maximum Gasteiger partial charge on any atom is 0.338 e. The topological polar surface area (TPSA) is 60.7 Å². The van der Waals surface area contributed by atoms with Crippen molar-refractivity contribution in [2.45, 2.75) is 19.9 Å². The molecule has 31 heavy (non-hydrogen) atoms. The van der Waals surface area contributed by atoms with Crippen LogP contribution in [0.25, 0.3) is 6.08 Å². The molecule has 2 heterocycles. The Morgan fingerprint density at radius 2 is 1.84 bits per heavy atom. The molecule has 158 valence electrons. The molecule has 5 nitrogen and oxygen atoms in total. The van der Waals surface area contributed by atoms with Gasteiger partial charge in [0, 0.05) is 10.0 Å². The van der Waals surface area contributed by atoms with Crippen LogP contribution in [0.3, 0.4) is 0 Å². The van der Waals surface area contributed by atoms with E-state index in [0.717, 1.165) is 5.56 Å². The van der Waals surface area contributed by atoms with Gasteiger partial charge in [-0.05, 0) is 43.2 Å². The van der Waals surface area contributed by atoms with Crippen molar-refractivity contribution < 1.29 is 9.53 Å². The first-order valence-corrected chi connectivity index (χ1v) is 11.2. The SMILES string of the molecule is CCOC(=O)C1=C(C)N=c2s/c(=C/c3ccccc3Cl)c(=O)n2[C@@H]1c1ccccc1Cl. The summed E-state index contributed by atoms with van der Waals surface area (Å²) >= 11 is 14.0. The van der Waals surface area contributed by atoms with Gasteiger partial charge in [-0.25, -0.2) is 9.79 Å². The molecule has 1 atom stereocenters. The van der Waals surface area contributed by atoms with E-state index in [-0.39, 0.29) is 12.2 Å². The van der Waals surface area contributed by atoms with Gasteiger partial charge in [-0.2, -0.15) is 0 Å². The number of carbonyl (C=O) groups excluding carboxylic acids is 1. The first-order chi connectivity index (χ1) is 14.9. The molecular formula is C23H18Cl2N2O3S. The Balaban J connectivity index is 2.00. The fourth-order valence-corrected chi connectivity index (χ4v) is 4.98. The van der Waals surface area contributed by atoms with E-state index in [2.05, 4.69) is 4.99 Å². The quantitative estimate of drug-likeness (QED) is 0.536. The summed E-state index contributed by atoms with van der Waals surface area (Å²) in [5.74, 6) is -0.519. The third kappa shape index (κ3) is 3.99. The maximum atomic E-state index is 13.5. The summed E-state index contributed by atoms with van der Waals surface area (Å²) in [7, 11) is 0. The van der Waals surface area contributed by atoms with Gasteiger partial charge in [0.25, 0.3) is 5.56 Å². The highest BCUT2D eigenvalue weighted by molar-refractivity contribution is 7.07. The average Bonchev–Trinajstić information content (AvgIpc) is 3.04. The number of esters is 1. The van der Waals surface area contributed by atoms with Crippen molar-refractivity contribution in [3.8, 4) is 0 Å². The van der Waals surface area contributed by atoms with Crippen LogP contribution in [-0.2, 0) is 9.53 Å². The summed E-state index contributed by atoms with van der Waals surface area (Å²) < 4.78 is 7.25. The molecule has 0 aliphatic carbocycles. The minimum Gasteiger partial charge on any atom is -0.463 e. The van der Waals surface area contributed by atoms with E-state index >= 15 is 0 Å². The summed E-state index contributed by atoms with van der Waals surface area (Å²) in [6.45, 7) is 3.68. The van der Waals surface area contributed by atoms with Crippen molar-refractivity contribution in [3.05, 3.63) is 101 Å². The third-order valence-corrected chi connectivity index (χ3v) is 6.58. The van der Waals surface area contributed by atoms with Crippen LogP contribution >= 0.6 is 34.5 Å². The zero-order valence-electron chi connectivity index (χ0n) is 16.8. The van der Waals surface area contributed by atoms with Gasteiger partial charge in [0.05, 0.1) is 22.4 Å². The smallest absolute Gasteiger partial charge is 0.338 e. The number of benzene rings is 2. The van der Waals surface area contributed by atoms with Gasteiger partial charge in [0.2, 0.25) is 0 Å². The number of hydrogen-bond donors (Lipinski definition) is 0. The van der Waals surface area contributed by atoms with E-state index in [0.29, 0.717) is 36.2 Å². The third-order valence-electron chi connectivity index (χ3n) is 4.91. The number of nitrogens with zero attached hydrogens (tertiary/aromatic N) is 2. The summed E-state index contributed by atoms with van der Waals surface area (Å²) in [4.78, 5) is 31.4. The molecule has 1 aliphatic rings. The number of rotatable bonds is 4. The number of ether oxygens (including phenoxy) is 1. The lowest BCUT2D eigenvalue weighted by molar-refractivity contribution is -0.139. The zero-order valence-corrected chi connectivity index (χ0v) is 19.1. The molecule has 0 N–H and O–H groups in total. The number of fused-ring (bicyclic) bond motifs is 1. The van der Waals surface area contributed by atoms with E-state index in [1.807, 2.05) is 24.3 Å². The second-order valence-corrected chi connectivity index (χ2v) is 8.67. The molecule has 0 saturated carbocycles. The molecule has 1 aromatic heterocycles. The monoisotopic (exact) mass is 472 g/mol. The Morgan fingerprint density at radius 3 is 2.52 bits per heavy atom. The maximum absolute atomic E-state index is 13.5. The molecule has 4 rings (SSSR count). The van der Waals surface area contributed by atoms with E-state index in [1.54, 1.807) is 44.2 Å². The van der Waals surface area contributed by atoms with Gasteiger partial charge in [0.15, 0.2) is 4.80 Å². The number of aromatic nitrogens is 1. The minimum atomic E-state index is -0.739. The highest BCUT2D eigenvalue weighted by Crippen LogP contribution is 2.34. The van der Waals surface area contributed by atoms with Gasteiger partial charge in [0.1, 0.15) is 6.04 Å². The molecule has 0 bridgehead atoms. The Labute approximate surface area is 192 Å². The van der Waals surface area contributed by atoms with Crippen molar-refractivity contribution >= 4 is 46.6 Å². The van der Waals surface area contributed by atoms with E-state index in [9.17, 15) is 9.59 Å². The minimum absolute atomic E-state index is 0.210. The molecule has 1 aliphatic heterocycles. The van der Waals surface area contributed by atoms with E-state index in [1.165, 1.54) is 15.9 Å². The number of thiazole rings is 1. The van der Waals surface area contributed by atoms with E-state index in [4.69, 9.17) is 27.9 Å². The lowest BCUT2D eigenvalue weighted by Crippen LogP contribution is -2.40. The standard InChI is InChI=1S/C23H18Cl2N2O3S/c1-3-30-22(29)19-13(2)26-23-27(20(19)15-9-5-7-11-17(15)25)21(28)18(31-23)12-14-8-4-6-10-16(14)24/h4-12,20H,3H2,1-2H3/b18-12+/t20-/m1/s1. The Morgan fingerprint density at radius 1 is 1.16 bits per heavy atom. The molecular weight excluding hydrogens is 455 g/mol. The first-order valence-electron chi connectivity index (χ1n) is 9.61. The number of halogens is 2. The van der Waals surface area contributed by atoms with Crippen LogP contribution in [0.4, 0.5) is 0 Å². The summed E-state index contributed by atoms with van der Waals surface area (Å²) in [5, 5.41) is 0.990. The second-order valence-electron chi connectivity index (χ2n) is 6.85. The van der Waals surface area contributed by atoms with Gasteiger partial charge < -0.3 is 4.74 Å². The molecule has 0 radical (unpaired) electrons. The number of hydrogen-bond acceptors (Lipinski definition) is 5. The highest BCUT2D eigenvalue weighted by atomic mass is 35.5. The van der Waals surface area contributed by atoms with Crippen LogP contribution in [0, 0.1) is 0 Å². The fourth-order valence-electron chi connectivity index (χ4n) is 3.52. The molecule has 0 unspecified atom stereocenters. The zero-order chi connectivity index (χ0) is 22.1. The average molecular weight is 473 g/mol. The van der Waals surface area contributed by atoms with E-state index < -0.39 is 12.0 Å². The van der Waals surface area contributed by atoms with Gasteiger partial charge in [-0.3, -0.25) is 9.36 Å². The van der Waals surface area contributed by atoms with Crippen LogP contribution in [0.1, 0.15) is 31.0 Å². The van der Waals surface area contributed by atoms with Crippen LogP contribution in [0.5, 0.6) is 0 Å². The Bertz CT molecular complexity index is 1390. The molecule has 2 aromatic carbocycles. The van der Waals surface area contributed by atoms with Gasteiger partial charge >= 0.3 is 5.97 Å². The molecule has 3 aromatic rings. The molecule has 0 saturated heterocycles. The molecule has 0 spiro atoms. The Hall–Kier alpha value is -2.67. The predicted octanol–water partition coefficient (Wildman–Crippen LogP) is 4.11. The summed E-state index contributed by atoms with van der Waals surface area (Å²) in [6, 6.07) is 13.7. The van der Waals surface area contributed by atoms with Crippen LogP contribution in [-0.4, -0.2) is 17.1 Å². The van der Waals surface area contributed by atoms with Crippen molar-refractivity contribution in [1.29, 1.82) is 0 Å². The number of allylic oxidation sites excluding steroid dienone is 1. The largest absolute Gasteiger partial charge is 0.463 e. The second kappa shape index (κ2) is 8.83. The predicted molar refractivity (Wildman–Crippen MR) is 123 cm³/mol. The van der Waals surface area contributed by atoms with Gasteiger partial charge in [-0.1, -0.05) is 70.9 Å². The van der Waals surface area contributed by atoms with Crippen molar-refractivity contribution in [2.75, 3.05) is 6.61 Å². The molecule has 0 fully saturated rings. The van der Waals surface area contributed by atoms with Gasteiger partial charge in [-0.15, -0.1) is 0 Å². The normalized spacial score (nSPS) is 16.1. The first kappa shape index (κ1) is 21.6. The van der Waals surface area contributed by atoms with Crippen molar-refractivity contribution in [3.63, 3.8) is 0 Å². The summed E-state index contributed by atoms with van der Waals surface area (Å²) in [6.07, 6.45) is 1.74. The van der Waals surface area contributed by atoms with Crippen LogP contribution in [0.15, 0.2) is 69.6 Å². The lowest BCUT2D eigenvalue weighted by Gasteiger charge is -2.25. The molecule has 0 amide bonds. The highest BCUT2D eigenvalue weighted by Gasteiger charge is 2.34. The van der Waals surface area contributed by atoms with Crippen molar-refractivity contribution in [2.24, 2.45) is 4.99 Å². The number of carbonyl (C=O) groups is 1. The van der Waals surface area contributed by atoms with Crippen LogP contribution in [0.2, 0.25) is 10.0 Å². The Kier molecular flexibility index (Phi) is 6.14.